The molecule has 4 rings (SSSR count). The Bertz CT molecular complexity index is 833. The van der Waals surface area contributed by atoms with E-state index < -0.39 is 29.9 Å². The summed E-state index contributed by atoms with van der Waals surface area (Å²) in [5.74, 6) is -4.30. The van der Waals surface area contributed by atoms with Crippen molar-refractivity contribution in [3.8, 4) is 5.75 Å². The summed E-state index contributed by atoms with van der Waals surface area (Å²) in [5.41, 5.74) is 0.317. The van der Waals surface area contributed by atoms with E-state index in [9.17, 15) is 17.6 Å². The minimum absolute atomic E-state index is 0.0614. The smallest absolute Gasteiger partial charge is 0.281 e. The summed E-state index contributed by atoms with van der Waals surface area (Å²) in [6.45, 7) is 5.87. The Balaban J connectivity index is 1.26. The molecule has 1 aromatic rings. The predicted molar refractivity (Wildman–Crippen MR) is 130 cm³/mol. The SMILES string of the molecule is C=CC1CCC(c2ccc(OCC(F)(F)CC3CCC(C4CCC(C)CO4)CC3)c(F)c2F)CC1. The molecule has 0 aromatic heterocycles. The van der Waals surface area contributed by atoms with Crippen molar-refractivity contribution in [1.29, 1.82) is 0 Å². The molecule has 35 heavy (non-hydrogen) atoms. The van der Waals surface area contributed by atoms with Crippen molar-refractivity contribution in [3.05, 3.63) is 42.0 Å². The van der Waals surface area contributed by atoms with Crippen molar-refractivity contribution in [3.63, 3.8) is 0 Å². The van der Waals surface area contributed by atoms with Gasteiger partial charge in [-0.1, -0.05) is 19.1 Å². The van der Waals surface area contributed by atoms with Crippen LogP contribution >= 0.6 is 0 Å². The van der Waals surface area contributed by atoms with Crippen molar-refractivity contribution in [2.45, 2.75) is 95.5 Å². The highest BCUT2D eigenvalue weighted by Gasteiger charge is 2.38. The monoisotopic (exact) mass is 496 g/mol. The quantitative estimate of drug-likeness (QED) is 0.265. The molecule has 2 nitrogen and oxygen atoms in total. The zero-order chi connectivity index (χ0) is 25.0. The van der Waals surface area contributed by atoms with Gasteiger partial charge in [-0.15, -0.1) is 6.58 Å². The van der Waals surface area contributed by atoms with Gasteiger partial charge in [-0.2, -0.15) is 4.39 Å². The van der Waals surface area contributed by atoms with Gasteiger partial charge in [0.15, 0.2) is 18.2 Å². The first-order valence-corrected chi connectivity index (χ1v) is 13.5. The fourth-order valence-electron chi connectivity index (χ4n) is 6.34. The third-order valence-electron chi connectivity index (χ3n) is 8.60. The maximum atomic E-state index is 14.8. The number of halogens is 4. The van der Waals surface area contributed by atoms with Crippen LogP contribution in [-0.2, 0) is 4.74 Å². The van der Waals surface area contributed by atoms with Crippen molar-refractivity contribution in [2.75, 3.05) is 13.2 Å². The number of hydrogen-bond acceptors (Lipinski definition) is 2. The molecule has 2 atom stereocenters. The topological polar surface area (TPSA) is 18.5 Å². The van der Waals surface area contributed by atoms with Crippen LogP contribution in [0.2, 0.25) is 0 Å². The van der Waals surface area contributed by atoms with Crippen LogP contribution < -0.4 is 4.74 Å². The molecule has 3 fully saturated rings. The summed E-state index contributed by atoms with van der Waals surface area (Å²) in [6, 6.07) is 2.81. The molecule has 1 aromatic carbocycles. The zero-order valence-corrected chi connectivity index (χ0v) is 20.9. The number of ether oxygens (including phenoxy) is 2. The average Bonchev–Trinajstić information content (AvgIpc) is 2.86. The van der Waals surface area contributed by atoms with Gasteiger partial charge in [-0.05, 0) is 105 Å². The van der Waals surface area contributed by atoms with Crippen LogP contribution in [0.3, 0.4) is 0 Å². The Morgan fingerprint density at radius 1 is 0.971 bits per heavy atom. The molecule has 1 saturated heterocycles. The van der Waals surface area contributed by atoms with Crippen molar-refractivity contribution >= 4 is 0 Å². The lowest BCUT2D eigenvalue weighted by Crippen LogP contribution is -2.35. The molecular weight excluding hydrogens is 456 g/mol. The molecule has 196 valence electrons. The summed E-state index contributed by atoms with van der Waals surface area (Å²) in [4.78, 5) is 0. The van der Waals surface area contributed by atoms with E-state index in [1.54, 1.807) is 0 Å². The van der Waals surface area contributed by atoms with Crippen LogP contribution in [0.1, 0.15) is 89.0 Å². The van der Waals surface area contributed by atoms with Crippen LogP contribution in [0.5, 0.6) is 5.75 Å². The van der Waals surface area contributed by atoms with Crippen molar-refractivity contribution < 1.29 is 27.0 Å². The van der Waals surface area contributed by atoms with Crippen LogP contribution in [-0.4, -0.2) is 25.2 Å². The number of hydrogen-bond donors (Lipinski definition) is 0. The Morgan fingerprint density at radius 2 is 1.69 bits per heavy atom. The van der Waals surface area contributed by atoms with Gasteiger partial charge >= 0.3 is 0 Å². The number of alkyl halides is 2. The molecule has 1 aliphatic heterocycles. The minimum atomic E-state index is -3.08. The Labute approximate surface area is 207 Å². The van der Waals surface area contributed by atoms with E-state index in [0.29, 0.717) is 23.3 Å². The van der Waals surface area contributed by atoms with Crippen LogP contribution in [0.15, 0.2) is 24.8 Å². The largest absolute Gasteiger partial charge is 0.484 e. The third kappa shape index (κ3) is 6.81. The Kier molecular flexibility index (Phi) is 8.83. The summed E-state index contributed by atoms with van der Waals surface area (Å²) in [6.07, 6.45) is 10.8. The summed E-state index contributed by atoms with van der Waals surface area (Å²) >= 11 is 0. The van der Waals surface area contributed by atoms with Crippen molar-refractivity contribution in [1.82, 2.24) is 0 Å². The summed E-state index contributed by atoms with van der Waals surface area (Å²) in [7, 11) is 0. The standard InChI is InChI=1S/C29H40F4O2/c1-3-20-5-9-22(10-6-20)24-13-15-26(28(31)27(24)30)35-18-29(32,33)16-21-7-11-23(12-8-21)25-14-4-19(2)17-34-25/h3,13,15,19-23,25H,1,4-12,14,16-18H2,2H3. The highest BCUT2D eigenvalue weighted by molar-refractivity contribution is 5.33. The van der Waals surface area contributed by atoms with E-state index >= 15 is 0 Å². The first kappa shape index (κ1) is 26.5. The van der Waals surface area contributed by atoms with E-state index in [4.69, 9.17) is 9.47 Å². The van der Waals surface area contributed by atoms with Crippen LogP contribution in [0.4, 0.5) is 17.6 Å². The average molecular weight is 497 g/mol. The van der Waals surface area contributed by atoms with Gasteiger partial charge in [-0.25, -0.2) is 13.2 Å². The van der Waals surface area contributed by atoms with Crippen LogP contribution in [0, 0.1) is 35.3 Å². The fourth-order valence-corrected chi connectivity index (χ4v) is 6.34. The lowest BCUT2D eigenvalue weighted by atomic mass is 9.75. The number of allylic oxidation sites excluding steroid dienone is 1. The summed E-state index contributed by atoms with van der Waals surface area (Å²) in [5, 5.41) is 0. The molecule has 0 bridgehead atoms. The first-order chi connectivity index (χ1) is 16.8. The van der Waals surface area contributed by atoms with Gasteiger partial charge in [0.25, 0.3) is 5.92 Å². The molecule has 0 spiro atoms. The second kappa shape index (κ2) is 11.7. The maximum Gasteiger partial charge on any atom is 0.281 e. The molecule has 2 aliphatic carbocycles. The lowest BCUT2D eigenvalue weighted by Gasteiger charge is -2.37. The first-order valence-electron chi connectivity index (χ1n) is 13.5. The molecule has 0 N–H and O–H groups in total. The highest BCUT2D eigenvalue weighted by atomic mass is 19.3. The fraction of sp³-hybridized carbons (Fsp3) is 0.724. The van der Waals surface area contributed by atoms with E-state index in [2.05, 4.69) is 13.5 Å². The Morgan fingerprint density at radius 3 is 2.31 bits per heavy atom. The molecule has 2 saturated carbocycles. The Hall–Kier alpha value is -1.56. The minimum Gasteiger partial charge on any atom is -0.484 e. The van der Waals surface area contributed by atoms with Gasteiger partial charge in [0, 0.05) is 13.0 Å². The second-order valence-corrected chi connectivity index (χ2v) is 11.3. The van der Waals surface area contributed by atoms with Gasteiger partial charge in [0.2, 0.25) is 5.82 Å². The lowest BCUT2D eigenvalue weighted by molar-refractivity contribution is -0.0764. The molecule has 6 heteroatoms. The maximum absolute atomic E-state index is 14.8. The van der Waals surface area contributed by atoms with E-state index in [1.807, 2.05) is 6.08 Å². The van der Waals surface area contributed by atoms with Crippen molar-refractivity contribution in [2.24, 2.45) is 23.7 Å². The van der Waals surface area contributed by atoms with Gasteiger partial charge < -0.3 is 9.47 Å². The predicted octanol–water partition coefficient (Wildman–Crippen LogP) is 8.45. The van der Waals surface area contributed by atoms with Gasteiger partial charge in [-0.3, -0.25) is 0 Å². The number of benzene rings is 1. The summed E-state index contributed by atoms with van der Waals surface area (Å²) < 4.78 is 69.9. The molecule has 0 amide bonds. The second-order valence-electron chi connectivity index (χ2n) is 11.3. The van der Waals surface area contributed by atoms with Crippen LogP contribution in [0.25, 0.3) is 0 Å². The molecule has 1 heterocycles. The molecule has 0 radical (unpaired) electrons. The molecule has 2 unspecified atom stereocenters. The molecule has 3 aliphatic rings. The highest BCUT2D eigenvalue weighted by Crippen LogP contribution is 2.41. The van der Waals surface area contributed by atoms with Gasteiger partial charge in [0.1, 0.15) is 0 Å². The zero-order valence-electron chi connectivity index (χ0n) is 20.9. The van der Waals surface area contributed by atoms with Gasteiger partial charge in [0.05, 0.1) is 6.10 Å². The third-order valence-corrected chi connectivity index (χ3v) is 8.60. The van der Waals surface area contributed by atoms with E-state index in [0.717, 1.165) is 64.4 Å². The van der Waals surface area contributed by atoms with E-state index in [1.165, 1.54) is 18.6 Å². The normalized spacial score (nSPS) is 32.3. The molecular formula is C29H40F4O2. The van der Waals surface area contributed by atoms with E-state index in [-0.39, 0.29) is 24.4 Å². The number of rotatable bonds is 8.